The number of nitrogens with zero attached hydrogens (tertiary/aromatic N) is 2. The summed E-state index contributed by atoms with van der Waals surface area (Å²) in [4.78, 5) is 7.22. The van der Waals surface area contributed by atoms with Gasteiger partial charge in [-0.15, -0.1) is 0 Å². The SMILES string of the molecule is CCNC(=NCc1ccc(CN2CC(C)OC(C)C2)cc1)NCc1ccccc1OC. The molecule has 31 heavy (non-hydrogen) atoms. The third-order valence-electron chi connectivity index (χ3n) is 5.33. The van der Waals surface area contributed by atoms with E-state index in [0.717, 1.165) is 43.5 Å². The molecule has 0 bridgehead atoms. The smallest absolute Gasteiger partial charge is 0.191 e. The van der Waals surface area contributed by atoms with Crippen molar-refractivity contribution in [1.82, 2.24) is 15.5 Å². The first-order valence-electron chi connectivity index (χ1n) is 11.2. The van der Waals surface area contributed by atoms with Crippen molar-refractivity contribution in [3.8, 4) is 5.75 Å². The first-order chi connectivity index (χ1) is 15.1. The van der Waals surface area contributed by atoms with Crippen LogP contribution in [0.25, 0.3) is 0 Å². The topological polar surface area (TPSA) is 58.1 Å². The summed E-state index contributed by atoms with van der Waals surface area (Å²) in [6.07, 6.45) is 0.593. The number of methoxy groups -OCH3 is 1. The fourth-order valence-electron chi connectivity index (χ4n) is 3.96. The molecule has 2 unspecified atom stereocenters. The Hall–Kier alpha value is -2.57. The molecule has 1 aliphatic rings. The van der Waals surface area contributed by atoms with Crippen LogP contribution in [0.2, 0.25) is 0 Å². The van der Waals surface area contributed by atoms with E-state index in [-0.39, 0.29) is 0 Å². The number of hydrogen-bond donors (Lipinski definition) is 2. The number of hydrogen-bond acceptors (Lipinski definition) is 4. The highest BCUT2D eigenvalue weighted by Crippen LogP contribution is 2.17. The Kier molecular flexibility index (Phi) is 8.74. The fourth-order valence-corrected chi connectivity index (χ4v) is 3.96. The molecule has 2 aromatic rings. The summed E-state index contributed by atoms with van der Waals surface area (Å²) in [6, 6.07) is 16.8. The molecule has 6 nitrogen and oxygen atoms in total. The van der Waals surface area contributed by atoms with Crippen LogP contribution < -0.4 is 15.4 Å². The van der Waals surface area contributed by atoms with Crippen molar-refractivity contribution < 1.29 is 9.47 Å². The number of morpholine rings is 1. The van der Waals surface area contributed by atoms with Crippen LogP contribution in [-0.4, -0.2) is 49.8 Å². The number of benzene rings is 2. The second-order valence-corrected chi connectivity index (χ2v) is 8.13. The van der Waals surface area contributed by atoms with E-state index in [1.165, 1.54) is 11.1 Å². The summed E-state index contributed by atoms with van der Waals surface area (Å²) < 4.78 is 11.3. The first kappa shape index (κ1) is 23.1. The largest absolute Gasteiger partial charge is 0.496 e. The predicted octanol–water partition coefficient (Wildman–Crippen LogP) is 3.56. The molecule has 1 fully saturated rings. The molecule has 0 spiro atoms. The zero-order chi connectivity index (χ0) is 22.1. The molecular weight excluding hydrogens is 388 g/mol. The van der Waals surface area contributed by atoms with Gasteiger partial charge in [0.2, 0.25) is 0 Å². The van der Waals surface area contributed by atoms with Crippen LogP contribution in [0.4, 0.5) is 0 Å². The zero-order valence-corrected chi connectivity index (χ0v) is 19.2. The van der Waals surface area contributed by atoms with Gasteiger partial charge in [-0.2, -0.15) is 0 Å². The molecule has 6 heteroatoms. The normalized spacial score (nSPS) is 19.8. The van der Waals surface area contributed by atoms with Crippen LogP contribution in [0.1, 0.15) is 37.5 Å². The van der Waals surface area contributed by atoms with Crippen LogP contribution >= 0.6 is 0 Å². The Bertz CT molecular complexity index is 828. The molecule has 0 aliphatic carbocycles. The third kappa shape index (κ3) is 7.26. The standard InChI is InChI=1S/C25H36N4O2/c1-5-26-25(28-15-23-8-6-7-9-24(23)30-4)27-14-21-10-12-22(13-11-21)18-29-16-19(2)31-20(3)17-29/h6-13,19-20H,5,14-18H2,1-4H3,(H2,26,27,28). The van der Waals surface area contributed by atoms with Gasteiger partial charge in [-0.05, 0) is 38.0 Å². The molecule has 0 radical (unpaired) electrons. The maximum Gasteiger partial charge on any atom is 0.191 e. The van der Waals surface area contributed by atoms with E-state index in [9.17, 15) is 0 Å². The highest BCUT2D eigenvalue weighted by atomic mass is 16.5. The van der Waals surface area contributed by atoms with Gasteiger partial charge < -0.3 is 20.1 Å². The monoisotopic (exact) mass is 424 g/mol. The number of para-hydroxylation sites is 1. The average Bonchev–Trinajstić information content (AvgIpc) is 2.76. The minimum Gasteiger partial charge on any atom is -0.496 e. The van der Waals surface area contributed by atoms with Gasteiger partial charge in [0.1, 0.15) is 5.75 Å². The van der Waals surface area contributed by atoms with Crippen molar-refractivity contribution >= 4 is 5.96 Å². The number of nitrogens with one attached hydrogen (secondary N) is 2. The fraction of sp³-hybridized carbons (Fsp3) is 0.480. The molecule has 1 saturated heterocycles. The lowest BCUT2D eigenvalue weighted by Crippen LogP contribution is -2.44. The van der Waals surface area contributed by atoms with Gasteiger partial charge in [0.25, 0.3) is 0 Å². The van der Waals surface area contributed by atoms with Gasteiger partial charge in [-0.3, -0.25) is 4.90 Å². The zero-order valence-electron chi connectivity index (χ0n) is 19.2. The van der Waals surface area contributed by atoms with Gasteiger partial charge in [0, 0.05) is 38.3 Å². The molecule has 2 aromatic carbocycles. The lowest BCUT2D eigenvalue weighted by atomic mass is 10.1. The Balaban J connectivity index is 1.55. The number of ether oxygens (including phenoxy) is 2. The molecule has 0 aromatic heterocycles. The quantitative estimate of drug-likeness (QED) is 0.501. The van der Waals surface area contributed by atoms with E-state index >= 15 is 0 Å². The van der Waals surface area contributed by atoms with Gasteiger partial charge in [0.15, 0.2) is 5.96 Å². The van der Waals surface area contributed by atoms with Crippen molar-refractivity contribution in [2.45, 2.75) is 52.6 Å². The maximum absolute atomic E-state index is 5.83. The Morgan fingerprint density at radius 1 is 1.03 bits per heavy atom. The van der Waals surface area contributed by atoms with Crippen molar-refractivity contribution in [2.24, 2.45) is 4.99 Å². The predicted molar refractivity (Wildman–Crippen MR) is 126 cm³/mol. The van der Waals surface area contributed by atoms with Crippen LogP contribution in [-0.2, 0) is 24.4 Å². The van der Waals surface area contributed by atoms with Gasteiger partial charge in [0.05, 0.1) is 25.9 Å². The minimum atomic E-state index is 0.296. The Morgan fingerprint density at radius 3 is 2.39 bits per heavy atom. The van der Waals surface area contributed by atoms with Crippen molar-refractivity contribution in [2.75, 3.05) is 26.7 Å². The summed E-state index contributed by atoms with van der Waals surface area (Å²) in [5.74, 6) is 1.68. The van der Waals surface area contributed by atoms with Gasteiger partial charge >= 0.3 is 0 Å². The number of guanidine groups is 1. The second kappa shape index (κ2) is 11.7. The van der Waals surface area contributed by atoms with Crippen molar-refractivity contribution in [1.29, 1.82) is 0 Å². The van der Waals surface area contributed by atoms with E-state index in [1.54, 1.807) is 7.11 Å². The summed E-state index contributed by atoms with van der Waals surface area (Å²) in [5, 5.41) is 6.71. The highest BCUT2D eigenvalue weighted by Gasteiger charge is 2.21. The van der Waals surface area contributed by atoms with E-state index < -0.39 is 0 Å². The van der Waals surface area contributed by atoms with Gasteiger partial charge in [-0.25, -0.2) is 4.99 Å². The third-order valence-corrected chi connectivity index (χ3v) is 5.33. The number of rotatable bonds is 8. The molecule has 2 atom stereocenters. The summed E-state index contributed by atoms with van der Waals surface area (Å²) in [5.41, 5.74) is 3.63. The Morgan fingerprint density at radius 2 is 1.71 bits per heavy atom. The lowest BCUT2D eigenvalue weighted by Gasteiger charge is -2.35. The van der Waals surface area contributed by atoms with E-state index in [2.05, 4.69) is 66.6 Å². The van der Waals surface area contributed by atoms with Crippen LogP contribution in [0.15, 0.2) is 53.5 Å². The molecule has 168 valence electrons. The molecule has 0 saturated carbocycles. The van der Waals surface area contributed by atoms with Crippen LogP contribution in [0.3, 0.4) is 0 Å². The molecule has 2 N–H and O–H groups in total. The first-order valence-corrected chi connectivity index (χ1v) is 11.2. The minimum absolute atomic E-state index is 0.296. The van der Waals surface area contributed by atoms with Crippen molar-refractivity contribution in [3.63, 3.8) is 0 Å². The second-order valence-electron chi connectivity index (χ2n) is 8.13. The van der Waals surface area contributed by atoms with Crippen LogP contribution in [0, 0.1) is 0 Å². The van der Waals surface area contributed by atoms with E-state index in [4.69, 9.17) is 14.5 Å². The van der Waals surface area contributed by atoms with E-state index in [1.807, 2.05) is 18.2 Å². The van der Waals surface area contributed by atoms with Crippen LogP contribution in [0.5, 0.6) is 5.75 Å². The summed E-state index contributed by atoms with van der Waals surface area (Å²) in [6.45, 7) is 11.4. The maximum atomic E-state index is 5.83. The molecule has 0 amide bonds. The summed E-state index contributed by atoms with van der Waals surface area (Å²) in [7, 11) is 1.70. The average molecular weight is 425 g/mol. The molecule has 1 heterocycles. The Labute approximate surface area is 186 Å². The molecular formula is C25H36N4O2. The van der Waals surface area contributed by atoms with Crippen molar-refractivity contribution in [3.05, 3.63) is 65.2 Å². The highest BCUT2D eigenvalue weighted by molar-refractivity contribution is 5.79. The van der Waals surface area contributed by atoms with Gasteiger partial charge in [-0.1, -0.05) is 42.5 Å². The van der Waals surface area contributed by atoms with E-state index in [0.29, 0.717) is 25.3 Å². The molecule has 3 rings (SSSR count). The summed E-state index contributed by atoms with van der Waals surface area (Å²) >= 11 is 0. The molecule has 1 aliphatic heterocycles. The number of aliphatic imine (C=N–C) groups is 1. The lowest BCUT2D eigenvalue weighted by molar-refractivity contribution is -0.0704.